The number of aromatic nitrogens is 1. The smallest absolute Gasteiger partial charge is 0.261 e. The number of nitrogens with one attached hydrogen (secondary N) is 1. The summed E-state index contributed by atoms with van der Waals surface area (Å²) < 4.78 is 6.52. The molecule has 1 fully saturated rings. The van der Waals surface area contributed by atoms with Gasteiger partial charge in [0.15, 0.2) is 0 Å². The highest BCUT2D eigenvalue weighted by Crippen LogP contribution is 2.34. The van der Waals surface area contributed by atoms with Crippen molar-refractivity contribution in [2.45, 2.75) is 6.42 Å². The predicted octanol–water partition coefficient (Wildman–Crippen LogP) is 3.48. The van der Waals surface area contributed by atoms with Gasteiger partial charge >= 0.3 is 0 Å². The Morgan fingerprint density at radius 1 is 1.15 bits per heavy atom. The minimum absolute atomic E-state index is 0.00402. The fraction of sp³-hybridized carbons (Fsp3) is 0.368. The Hall–Kier alpha value is -1.80. The highest BCUT2D eigenvalue weighted by molar-refractivity contribution is 7.26. The molecule has 1 aliphatic rings. The Bertz CT molecular complexity index is 851. The van der Waals surface area contributed by atoms with Crippen LogP contribution in [-0.2, 0) is 4.74 Å². The molecule has 1 aliphatic heterocycles. The van der Waals surface area contributed by atoms with Crippen LogP contribution in [0, 0.1) is 0 Å². The minimum atomic E-state index is 0.00402. The Labute approximate surface area is 160 Å². The molecule has 2 aromatic heterocycles. The first-order valence-electron chi connectivity index (χ1n) is 8.84. The highest BCUT2D eigenvalue weighted by atomic mass is 32.1. The van der Waals surface area contributed by atoms with E-state index in [4.69, 9.17) is 4.74 Å². The maximum Gasteiger partial charge on any atom is 0.261 e. The number of ether oxygens (including phenoxy) is 1. The summed E-state index contributed by atoms with van der Waals surface area (Å²) in [5.41, 5.74) is 1.01. The number of fused-ring (bicyclic) bond motifs is 1. The van der Waals surface area contributed by atoms with Crippen molar-refractivity contribution in [2.75, 3.05) is 39.4 Å². The largest absolute Gasteiger partial charge is 0.379 e. The van der Waals surface area contributed by atoms with Gasteiger partial charge in [-0.2, -0.15) is 0 Å². The second-order valence-corrected chi connectivity index (χ2v) is 8.33. The van der Waals surface area contributed by atoms with E-state index in [1.165, 1.54) is 16.0 Å². The standard InChI is InChI=1S/C19H21N3O2S2/c23-18(20-8-3-9-22-10-12-24-13-11-22)16-6-7-17(25-16)19-21-14-4-1-2-5-15(14)26-19/h1-2,4-7H,3,8-13H2,(H,20,23). The van der Waals surface area contributed by atoms with Gasteiger partial charge in [-0.1, -0.05) is 12.1 Å². The molecule has 0 saturated carbocycles. The maximum absolute atomic E-state index is 12.4. The maximum atomic E-state index is 12.4. The highest BCUT2D eigenvalue weighted by Gasteiger charge is 2.13. The number of morpholine rings is 1. The van der Waals surface area contributed by atoms with E-state index in [1.807, 2.05) is 30.3 Å². The lowest BCUT2D eigenvalue weighted by Crippen LogP contribution is -2.38. The molecule has 0 bridgehead atoms. The van der Waals surface area contributed by atoms with Crippen LogP contribution in [0.1, 0.15) is 16.1 Å². The Morgan fingerprint density at radius 3 is 2.85 bits per heavy atom. The monoisotopic (exact) mass is 387 g/mol. The zero-order valence-electron chi connectivity index (χ0n) is 14.4. The first kappa shape index (κ1) is 17.6. The van der Waals surface area contributed by atoms with E-state index < -0.39 is 0 Å². The second-order valence-electron chi connectivity index (χ2n) is 6.21. The van der Waals surface area contributed by atoms with E-state index in [9.17, 15) is 4.79 Å². The van der Waals surface area contributed by atoms with E-state index >= 15 is 0 Å². The molecule has 1 N–H and O–H groups in total. The summed E-state index contributed by atoms with van der Waals surface area (Å²) in [4.78, 5) is 21.2. The predicted molar refractivity (Wildman–Crippen MR) is 107 cm³/mol. The van der Waals surface area contributed by atoms with Crippen LogP contribution in [0.5, 0.6) is 0 Å². The average Bonchev–Trinajstić information content (AvgIpc) is 3.32. The van der Waals surface area contributed by atoms with Crippen molar-refractivity contribution in [3.63, 3.8) is 0 Å². The van der Waals surface area contributed by atoms with Gasteiger partial charge in [0, 0.05) is 19.6 Å². The normalized spacial score (nSPS) is 15.4. The van der Waals surface area contributed by atoms with E-state index in [0.717, 1.165) is 59.5 Å². The van der Waals surface area contributed by atoms with Gasteiger partial charge < -0.3 is 10.1 Å². The average molecular weight is 388 g/mol. The van der Waals surface area contributed by atoms with Gasteiger partial charge in [0.2, 0.25) is 0 Å². The summed E-state index contributed by atoms with van der Waals surface area (Å²) in [5, 5.41) is 4.00. The van der Waals surface area contributed by atoms with Crippen molar-refractivity contribution in [1.82, 2.24) is 15.2 Å². The van der Waals surface area contributed by atoms with Crippen LogP contribution in [0.4, 0.5) is 0 Å². The zero-order chi connectivity index (χ0) is 17.8. The summed E-state index contributed by atoms with van der Waals surface area (Å²) in [6, 6.07) is 12.0. The van der Waals surface area contributed by atoms with Crippen molar-refractivity contribution < 1.29 is 9.53 Å². The number of nitrogens with zero attached hydrogens (tertiary/aromatic N) is 2. The molecule has 0 aliphatic carbocycles. The Kier molecular flexibility index (Phi) is 5.59. The third kappa shape index (κ3) is 4.12. The fourth-order valence-corrected chi connectivity index (χ4v) is 4.91. The SMILES string of the molecule is O=C(NCCCN1CCOCC1)c1ccc(-c2nc3ccccc3s2)s1. The number of benzene rings is 1. The van der Waals surface area contributed by atoms with E-state index in [0.29, 0.717) is 6.54 Å². The Morgan fingerprint density at radius 2 is 2.00 bits per heavy atom. The number of hydrogen-bond donors (Lipinski definition) is 1. The summed E-state index contributed by atoms with van der Waals surface area (Å²) >= 11 is 3.17. The Balaban J connectivity index is 1.31. The molecule has 0 unspecified atom stereocenters. The zero-order valence-corrected chi connectivity index (χ0v) is 16.1. The van der Waals surface area contributed by atoms with Gasteiger partial charge in [0.05, 0.1) is 33.2 Å². The molecule has 5 nitrogen and oxygen atoms in total. The second kappa shape index (κ2) is 8.26. The van der Waals surface area contributed by atoms with Gasteiger partial charge in [-0.3, -0.25) is 9.69 Å². The van der Waals surface area contributed by atoms with E-state index in [-0.39, 0.29) is 5.91 Å². The number of carbonyl (C=O) groups excluding carboxylic acids is 1. The van der Waals surface area contributed by atoms with Crippen LogP contribution >= 0.6 is 22.7 Å². The van der Waals surface area contributed by atoms with E-state index in [2.05, 4.69) is 21.3 Å². The summed E-state index contributed by atoms with van der Waals surface area (Å²) in [6.45, 7) is 5.32. The molecule has 136 valence electrons. The van der Waals surface area contributed by atoms with Crippen LogP contribution in [0.3, 0.4) is 0 Å². The molecule has 26 heavy (non-hydrogen) atoms. The van der Waals surface area contributed by atoms with Crippen molar-refractivity contribution in [2.24, 2.45) is 0 Å². The number of amides is 1. The van der Waals surface area contributed by atoms with Crippen LogP contribution in [0.15, 0.2) is 36.4 Å². The number of thiazole rings is 1. The molecule has 3 aromatic rings. The number of carbonyl (C=O) groups is 1. The molecule has 4 rings (SSSR count). The number of hydrogen-bond acceptors (Lipinski definition) is 6. The first-order chi connectivity index (χ1) is 12.8. The third-order valence-electron chi connectivity index (χ3n) is 4.37. The molecule has 0 atom stereocenters. The van der Waals surface area contributed by atoms with Crippen molar-refractivity contribution >= 4 is 38.8 Å². The van der Waals surface area contributed by atoms with Crippen LogP contribution in [0.25, 0.3) is 20.1 Å². The molecule has 1 aromatic carbocycles. The minimum Gasteiger partial charge on any atom is -0.379 e. The van der Waals surface area contributed by atoms with Gasteiger partial charge in [-0.15, -0.1) is 22.7 Å². The topological polar surface area (TPSA) is 54.5 Å². The number of rotatable bonds is 6. The lowest BCUT2D eigenvalue weighted by Gasteiger charge is -2.26. The number of thiophene rings is 1. The molecule has 0 radical (unpaired) electrons. The third-order valence-corrected chi connectivity index (χ3v) is 6.66. The lowest BCUT2D eigenvalue weighted by atomic mass is 10.3. The van der Waals surface area contributed by atoms with Gasteiger partial charge in [-0.25, -0.2) is 4.98 Å². The summed E-state index contributed by atoms with van der Waals surface area (Å²) in [7, 11) is 0. The molecule has 0 spiro atoms. The summed E-state index contributed by atoms with van der Waals surface area (Å²) in [5.74, 6) is 0.00402. The van der Waals surface area contributed by atoms with Gasteiger partial charge in [0.25, 0.3) is 5.91 Å². The van der Waals surface area contributed by atoms with Crippen molar-refractivity contribution in [3.05, 3.63) is 41.3 Å². The number of para-hydroxylation sites is 1. The fourth-order valence-electron chi connectivity index (χ4n) is 2.97. The molecule has 3 heterocycles. The molecule has 7 heteroatoms. The first-order valence-corrected chi connectivity index (χ1v) is 10.5. The van der Waals surface area contributed by atoms with Crippen LogP contribution in [-0.4, -0.2) is 55.2 Å². The van der Waals surface area contributed by atoms with Crippen molar-refractivity contribution in [1.29, 1.82) is 0 Å². The van der Waals surface area contributed by atoms with Gasteiger partial charge in [0.1, 0.15) is 5.01 Å². The van der Waals surface area contributed by atoms with Crippen LogP contribution in [0.2, 0.25) is 0 Å². The molecule has 1 amide bonds. The molecular weight excluding hydrogens is 366 g/mol. The molecular formula is C19H21N3O2S2. The van der Waals surface area contributed by atoms with Crippen molar-refractivity contribution in [3.8, 4) is 9.88 Å². The van der Waals surface area contributed by atoms with Gasteiger partial charge in [-0.05, 0) is 37.2 Å². The quantitative estimate of drug-likeness (QED) is 0.658. The van der Waals surface area contributed by atoms with E-state index in [1.54, 1.807) is 11.3 Å². The lowest BCUT2D eigenvalue weighted by molar-refractivity contribution is 0.0374. The van der Waals surface area contributed by atoms with Crippen LogP contribution < -0.4 is 5.32 Å². The molecule has 1 saturated heterocycles. The summed E-state index contributed by atoms with van der Waals surface area (Å²) in [6.07, 6.45) is 0.960.